The number of H-pyrrole nitrogens is 1. The number of nitrogens with one attached hydrogen (secondary N) is 2. The van der Waals surface area contributed by atoms with Crippen molar-refractivity contribution in [2.45, 2.75) is 72.0 Å². The SMILES string of the molecule is CC(C)C[C@H](NC(=O)C[C@@H](C)OC(=O)N1CCN(Cc2ccc(-n3c(-c4cc(C(C)C)c(O)cc4O)n[nH]c3=O)cc2)CC1)B(O)O. The molecule has 2 aromatic carbocycles. The highest BCUT2D eigenvalue weighted by molar-refractivity contribution is 6.43. The largest absolute Gasteiger partial charge is 0.508 e. The van der Waals surface area contributed by atoms with Crippen LogP contribution < -0.4 is 11.0 Å². The molecule has 47 heavy (non-hydrogen) atoms. The summed E-state index contributed by atoms with van der Waals surface area (Å²) in [5.41, 5.74) is 2.03. The second kappa shape index (κ2) is 15.5. The summed E-state index contributed by atoms with van der Waals surface area (Å²) in [4.78, 5) is 41.7. The molecule has 2 heterocycles. The van der Waals surface area contributed by atoms with Gasteiger partial charge in [0.2, 0.25) is 5.91 Å². The number of ether oxygens (including phenoxy) is 1. The lowest BCUT2D eigenvalue weighted by atomic mass is 9.75. The average molecular weight is 653 g/mol. The predicted octanol–water partition coefficient (Wildman–Crippen LogP) is 2.34. The minimum Gasteiger partial charge on any atom is -0.508 e. The summed E-state index contributed by atoms with van der Waals surface area (Å²) in [6.45, 7) is 12.0. The monoisotopic (exact) mass is 652 g/mol. The van der Waals surface area contributed by atoms with Crippen molar-refractivity contribution in [1.29, 1.82) is 0 Å². The van der Waals surface area contributed by atoms with Crippen molar-refractivity contribution in [3.63, 3.8) is 0 Å². The summed E-state index contributed by atoms with van der Waals surface area (Å²) in [7, 11) is -1.67. The maximum atomic E-state index is 12.7. The molecule has 2 amide bonds. The molecule has 0 aliphatic carbocycles. The topological polar surface area (TPSA) is 193 Å². The average Bonchev–Trinajstić information content (AvgIpc) is 3.37. The molecule has 2 atom stereocenters. The molecule has 15 heteroatoms. The molecule has 3 aromatic rings. The highest BCUT2D eigenvalue weighted by Crippen LogP contribution is 2.37. The van der Waals surface area contributed by atoms with Crippen LogP contribution in [0.15, 0.2) is 41.2 Å². The first-order valence-electron chi connectivity index (χ1n) is 15.9. The number of amides is 2. The molecule has 0 radical (unpaired) electrons. The number of carbonyl (C=O) groups is 2. The van der Waals surface area contributed by atoms with E-state index in [4.69, 9.17) is 4.74 Å². The number of hydrogen-bond donors (Lipinski definition) is 6. The first-order valence-corrected chi connectivity index (χ1v) is 15.9. The fraction of sp³-hybridized carbons (Fsp3) is 0.500. The lowest BCUT2D eigenvalue weighted by Gasteiger charge is -2.34. The highest BCUT2D eigenvalue weighted by atomic mass is 16.6. The quantitative estimate of drug-likeness (QED) is 0.158. The van der Waals surface area contributed by atoms with Gasteiger partial charge in [0.25, 0.3) is 0 Å². The van der Waals surface area contributed by atoms with Crippen LogP contribution in [-0.2, 0) is 16.1 Å². The molecule has 1 aromatic heterocycles. The second-order valence-electron chi connectivity index (χ2n) is 12.8. The maximum Gasteiger partial charge on any atom is 0.475 e. The third-order valence-electron chi connectivity index (χ3n) is 8.12. The van der Waals surface area contributed by atoms with Gasteiger partial charge in [-0.05, 0) is 54.5 Å². The molecule has 1 aliphatic rings. The van der Waals surface area contributed by atoms with E-state index in [-0.39, 0.29) is 35.6 Å². The Bertz CT molecular complexity index is 1580. The number of aromatic nitrogens is 3. The van der Waals surface area contributed by atoms with Crippen LogP contribution in [0.3, 0.4) is 0 Å². The summed E-state index contributed by atoms with van der Waals surface area (Å²) >= 11 is 0. The van der Waals surface area contributed by atoms with Crippen molar-refractivity contribution in [2.24, 2.45) is 5.92 Å². The number of carbonyl (C=O) groups excluding carboxylic acids is 2. The van der Waals surface area contributed by atoms with Gasteiger partial charge in [0.05, 0.1) is 23.6 Å². The van der Waals surface area contributed by atoms with E-state index in [9.17, 15) is 34.6 Å². The summed E-state index contributed by atoms with van der Waals surface area (Å²) in [5.74, 6) is -1.08. The van der Waals surface area contributed by atoms with Crippen LogP contribution in [0.4, 0.5) is 4.79 Å². The standard InChI is InChI=1S/C32H45BN6O8/c1-19(2)14-28(33(45)46)34-29(42)15-21(5)47-32(44)38-12-10-37(11-13-38)18-22-6-8-23(9-7-22)39-30(35-36-31(39)43)25-16-24(20(3)4)26(40)17-27(25)41/h6-9,16-17,19-21,28,40-41,45-46H,10-15,18H2,1-5H3,(H,34,42)(H,36,43)/t21-,28+/m1/s1. The van der Waals surface area contributed by atoms with E-state index >= 15 is 0 Å². The summed E-state index contributed by atoms with van der Waals surface area (Å²) in [6, 6.07) is 10.3. The van der Waals surface area contributed by atoms with Gasteiger partial charge in [-0.3, -0.25) is 9.69 Å². The van der Waals surface area contributed by atoms with Crippen LogP contribution in [0.2, 0.25) is 0 Å². The molecular weight excluding hydrogens is 607 g/mol. The van der Waals surface area contributed by atoms with Gasteiger partial charge in [0, 0.05) is 38.8 Å². The Balaban J connectivity index is 1.31. The van der Waals surface area contributed by atoms with E-state index < -0.39 is 36.9 Å². The van der Waals surface area contributed by atoms with Crippen LogP contribution in [0, 0.1) is 5.92 Å². The fourth-order valence-corrected chi connectivity index (χ4v) is 5.63. The summed E-state index contributed by atoms with van der Waals surface area (Å²) in [5, 5.41) is 49.1. The molecule has 0 unspecified atom stereocenters. The maximum absolute atomic E-state index is 12.7. The number of rotatable bonds is 12. The Morgan fingerprint density at radius 3 is 2.26 bits per heavy atom. The zero-order chi connectivity index (χ0) is 34.4. The number of aromatic hydroxyl groups is 2. The summed E-state index contributed by atoms with van der Waals surface area (Å²) in [6.07, 6.45) is -0.877. The molecule has 254 valence electrons. The van der Waals surface area contributed by atoms with E-state index in [1.807, 2.05) is 39.8 Å². The Hall–Kier alpha value is -4.34. The van der Waals surface area contributed by atoms with Crippen LogP contribution in [0.5, 0.6) is 11.5 Å². The van der Waals surface area contributed by atoms with Crippen molar-refractivity contribution in [3.8, 4) is 28.6 Å². The van der Waals surface area contributed by atoms with Crippen LogP contribution >= 0.6 is 0 Å². The zero-order valence-electron chi connectivity index (χ0n) is 27.5. The predicted molar refractivity (Wildman–Crippen MR) is 176 cm³/mol. The molecular formula is C32H45BN6O8. The normalized spacial score (nSPS) is 15.1. The van der Waals surface area contributed by atoms with Gasteiger partial charge in [-0.1, -0.05) is 39.8 Å². The molecule has 0 spiro atoms. The Labute approximate surface area is 274 Å². The first-order chi connectivity index (χ1) is 22.2. The van der Waals surface area contributed by atoms with Gasteiger partial charge in [-0.15, -0.1) is 0 Å². The van der Waals surface area contributed by atoms with Gasteiger partial charge in [-0.2, -0.15) is 5.10 Å². The number of aromatic amines is 1. The van der Waals surface area contributed by atoms with Gasteiger partial charge in [0.1, 0.15) is 17.6 Å². The lowest BCUT2D eigenvalue weighted by molar-refractivity contribution is -0.123. The van der Waals surface area contributed by atoms with E-state index in [0.29, 0.717) is 56.0 Å². The van der Waals surface area contributed by atoms with Crippen LogP contribution in [0.25, 0.3) is 17.1 Å². The van der Waals surface area contributed by atoms with Crippen molar-refractivity contribution in [1.82, 2.24) is 29.9 Å². The van der Waals surface area contributed by atoms with E-state index in [1.54, 1.807) is 30.0 Å². The third kappa shape index (κ3) is 9.14. The summed E-state index contributed by atoms with van der Waals surface area (Å²) < 4.78 is 6.86. The van der Waals surface area contributed by atoms with Crippen molar-refractivity contribution in [2.75, 3.05) is 26.2 Å². The molecule has 6 N–H and O–H groups in total. The van der Waals surface area contributed by atoms with E-state index in [0.717, 1.165) is 5.56 Å². The molecule has 0 bridgehead atoms. The van der Waals surface area contributed by atoms with E-state index in [2.05, 4.69) is 20.4 Å². The molecule has 1 aliphatic heterocycles. The number of phenolic OH excluding ortho intramolecular Hbond substituents is 2. The molecule has 1 fully saturated rings. The Morgan fingerprint density at radius 1 is 1.00 bits per heavy atom. The number of hydrogen-bond acceptors (Lipinski definition) is 10. The van der Waals surface area contributed by atoms with Gasteiger partial charge in [0.15, 0.2) is 5.82 Å². The van der Waals surface area contributed by atoms with Crippen LogP contribution in [-0.4, -0.2) is 102 Å². The van der Waals surface area contributed by atoms with Crippen molar-refractivity contribution < 1.29 is 34.6 Å². The minimum atomic E-state index is -1.67. The van der Waals surface area contributed by atoms with Gasteiger partial charge in [-0.25, -0.2) is 19.3 Å². The minimum absolute atomic E-state index is 0.0146. The van der Waals surface area contributed by atoms with E-state index in [1.165, 1.54) is 10.6 Å². The van der Waals surface area contributed by atoms with Crippen LogP contribution in [0.1, 0.15) is 64.5 Å². The number of phenols is 2. The highest BCUT2D eigenvalue weighted by Gasteiger charge is 2.28. The Kier molecular flexibility index (Phi) is 11.7. The Morgan fingerprint density at radius 2 is 1.66 bits per heavy atom. The van der Waals surface area contributed by atoms with Crippen molar-refractivity contribution >= 4 is 19.1 Å². The first kappa shape index (κ1) is 35.5. The lowest BCUT2D eigenvalue weighted by Crippen LogP contribution is -2.49. The zero-order valence-corrected chi connectivity index (χ0v) is 27.5. The fourth-order valence-electron chi connectivity index (χ4n) is 5.63. The molecule has 1 saturated heterocycles. The molecule has 4 rings (SSSR count). The third-order valence-corrected chi connectivity index (χ3v) is 8.12. The molecule has 14 nitrogen and oxygen atoms in total. The number of piperazine rings is 1. The van der Waals surface area contributed by atoms with Gasteiger partial charge < -0.3 is 35.2 Å². The van der Waals surface area contributed by atoms with Gasteiger partial charge >= 0.3 is 18.9 Å². The van der Waals surface area contributed by atoms with Crippen molar-refractivity contribution in [3.05, 3.63) is 58.0 Å². The smallest absolute Gasteiger partial charge is 0.475 e. The molecule has 0 saturated carbocycles. The second-order valence-corrected chi connectivity index (χ2v) is 12.8. The number of nitrogens with zero attached hydrogens (tertiary/aromatic N) is 4. The number of benzene rings is 2.